The van der Waals surface area contributed by atoms with E-state index in [1.165, 1.54) is 23.8 Å². The predicted octanol–water partition coefficient (Wildman–Crippen LogP) is 3.24. The van der Waals surface area contributed by atoms with Crippen molar-refractivity contribution in [3.05, 3.63) is 0 Å². The van der Waals surface area contributed by atoms with Gasteiger partial charge in [-0.2, -0.15) is 11.8 Å². The van der Waals surface area contributed by atoms with Gasteiger partial charge in [-0.05, 0) is 25.0 Å². The van der Waals surface area contributed by atoms with Gasteiger partial charge in [0.05, 0.1) is 0 Å². The zero-order valence-corrected chi connectivity index (χ0v) is 12.5. The molecule has 0 aliphatic carbocycles. The Bertz CT molecular complexity index is 229. The van der Waals surface area contributed by atoms with Crippen LogP contribution in [0.3, 0.4) is 0 Å². The molecule has 1 saturated heterocycles. The van der Waals surface area contributed by atoms with Crippen LogP contribution >= 0.6 is 23.5 Å². The second kappa shape index (κ2) is 7.49. The molecule has 1 heterocycles. The van der Waals surface area contributed by atoms with Crippen LogP contribution in [0.5, 0.6) is 0 Å². The van der Waals surface area contributed by atoms with Crippen molar-refractivity contribution >= 4 is 28.7 Å². The highest BCUT2D eigenvalue weighted by Crippen LogP contribution is 2.19. The van der Waals surface area contributed by atoms with Crippen molar-refractivity contribution in [3.63, 3.8) is 0 Å². The fourth-order valence-electron chi connectivity index (χ4n) is 1.61. The van der Waals surface area contributed by atoms with Crippen molar-refractivity contribution in [1.29, 1.82) is 0 Å². The Kier molecular flexibility index (Phi) is 6.66. The van der Waals surface area contributed by atoms with Crippen molar-refractivity contribution in [3.8, 4) is 0 Å². The second-order valence-corrected chi connectivity index (χ2v) is 7.01. The van der Waals surface area contributed by atoms with Crippen molar-refractivity contribution in [2.24, 2.45) is 10.9 Å². The number of rotatable bonds is 5. The van der Waals surface area contributed by atoms with E-state index in [4.69, 9.17) is 0 Å². The molecule has 4 heteroatoms. The molecule has 0 saturated carbocycles. The van der Waals surface area contributed by atoms with Gasteiger partial charge in [-0.15, -0.1) is 0 Å². The van der Waals surface area contributed by atoms with E-state index in [0.29, 0.717) is 12.0 Å². The lowest BCUT2D eigenvalue weighted by Gasteiger charge is -2.28. The molecule has 0 aromatic heterocycles. The van der Waals surface area contributed by atoms with Crippen LogP contribution in [0.2, 0.25) is 0 Å². The zero-order valence-electron chi connectivity index (χ0n) is 10.8. The van der Waals surface area contributed by atoms with Crippen molar-refractivity contribution in [2.45, 2.75) is 44.9 Å². The minimum Gasteiger partial charge on any atom is -0.362 e. The largest absolute Gasteiger partial charge is 0.362 e. The molecule has 1 aliphatic heterocycles. The highest BCUT2D eigenvalue weighted by molar-refractivity contribution is 8.13. The number of hydrogen-bond acceptors (Lipinski definition) is 3. The van der Waals surface area contributed by atoms with Gasteiger partial charge in [-0.3, -0.25) is 4.99 Å². The molecular formula is C12H24N2S2. The maximum atomic E-state index is 4.66. The Hall–Kier alpha value is 0.170. The van der Waals surface area contributed by atoms with Crippen molar-refractivity contribution in [2.75, 3.05) is 18.6 Å². The van der Waals surface area contributed by atoms with Crippen LogP contribution in [0.15, 0.2) is 4.99 Å². The molecule has 0 bridgehead atoms. The lowest BCUT2D eigenvalue weighted by Crippen LogP contribution is -2.41. The number of hydrogen-bond donors (Lipinski definition) is 1. The van der Waals surface area contributed by atoms with Gasteiger partial charge in [0.25, 0.3) is 0 Å². The third-order valence-corrected chi connectivity index (χ3v) is 4.98. The maximum Gasteiger partial charge on any atom is 0.156 e. The van der Waals surface area contributed by atoms with Gasteiger partial charge in [0.15, 0.2) is 5.17 Å². The number of nitrogens with one attached hydrogen (secondary N) is 1. The Labute approximate surface area is 108 Å². The van der Waals surface area contributed by atoms with E-state index in [0.717, 1.165) is 11.8 Å². The van der Waals surface area contributed by atoms with E-state index in [9.17, 15) is 0 Å². The standard InChI is InChI=1S/C12H24N2S2/c1-9(2)11-6-8-16-12(14-11)13-7-5-10(3)15-4/h9-11H,5-8H2,1-4H3,(H,13,14). The minimum absolute atomic E-state index is 0.623. The molecule has 0 amide bonds. The summed E-state index contributed by atoms with van der Waals surface area (Å²) in [6.07, 6.45) is 4.61. The summed E-state index contributed by atoms with van der Waals surface area (Å²) in [6, 6.07) is 0.623. The first-order valence-electron chi connectivity index (χ1n) is 6.10. The molecule has 2 nitrogen and oxygen atoms in total. The van der Waals surface area contributed by atoms with Crippen LogP contribution in [-0.2, 0) is 0 Å². The summed E-state index contributed by atoms with van der Waals surface area (Å²) in [5.74, 6) is 1.92. The highest BCUT2D eigenvalue weighted by atomic mass is 32.2. The average molecular weight is 260 g/mol. The summed E-state index contributed by atoms with van der Waals surface area (Å²) in [4.78, 5) is 4.66. The third-order valence-electron chi connectivity index (χ3n) is 2.97. The van der Waals surface area contributed by atoms with Crippen molar-refractivity contribution < 1.29 is 0 Å². The highest BCUT2D eigenvalue weighted by Gasteiger charge is 2.19. The van der Waals surface area contributed by atoms with Crippen LogP contribution in [0, 0.1) is 5.92 Å². The monoisotopic (exact) mass is 260 g/mol. The summed E-state index contributed by atoms with van der Waals surface area (Å²) in [5.41, 5.74) is 0. The summed E-state index contributed by atoms with van der Waals surface area (Å²) in [6.45, 7) is 7.79. The summed E-state index contributed by atoms with van der Waals surface area (Å²) in [5, 5.41) is 5.44. The van der Waals surface area contributed by atoms with Gasteiger partial charge >= 0.3 is 0 Å². The topological polar surface area (TPSA) is 24.4 Å². The van der Waals surface area contributed by atoms with Crippen LogP contribution in [0.4, 0.5) is 0 Å². The summed E-state index contributed by atoms with van der Waals surface area (Å²) in [7, 11) is 0. The SMILES string of the molecule is CSC(C)CCN=C1NC(C(C)C)CCS1. The number of thioether (sulfide) groups is 2. The summed E-state index contributed by atoms with van der Waals surface area (Å²) < 4.78 is 0. The van der Waals surface area contributed by atoms with Gasteiger partial charge < -0.3 is 5.32 Å². The lowest BCUT2D eigenvalue weighted by molar-refractivity contribution is 0.442. The van der Waals surface area contributed by atoms with E-state index in [1.807, 2.05) is 23.5 Å². The Morgan fingerprint density at radius 1 is 1.50 bits per heavy atom. The van der Waals surface area contributed by atoms with Gasteiger partial charge in [-0.25, -0.2) is 0 Å². The normalized spacial score (nSPS) is 25.8. The molecule has 0 aromatic rings. The van der Waals surface area contributed by atoms with Crippen molar-refractivity contribution in [1.82, 2.24) is 5.32 Å². The fourth-order valence-corrected chi connectivity index (χ4v) is 2.94. The van der Waals surface area contributed by atoms with Gasteiger partial charge in [0.1, 0.15) is 0 Å². The molecule has 1 aliphatic rings. The molecule has 16 heavy (non-hydrogen) atoms. The second-order valence-electron chi connectivity index (χ2n) is 4.65. The zero-order chi connectivity index (χ0) is 12.0. The smallest absolute Gasteiger partial charge is 0.156 e. The molecule has 94 valence electrons. The van der Waals surface area contributed by atoms with Crippen LogP contribution in [0.25, 0.3) is 0 Å². The fraction of sp³-hybridized carbons (Fsp3) is 0.917. The molecule has 2 unspecified atom stereocenters. The van der Waals surface area contributed by atoms with E-state index in [2.05, 4.69) is 37.3 Å². The Morgan fingerprint density at radius 3 is 2.88 bits per heavy atom. The third kappa shape index (κ3) is 5.00. The van der Waals surface area contributed by atoms with E-state index < -0.39 is 0 Å². The van der Waals surface area contributed by atoms with Crippen LogP contribution in [-0.4, -0.2) is 35.0 Å². The van der Waals surface area contributed by atoms with Gasteiger partial charge in [-0.1, -0.05) is 32.5 Å². The maximum absolute atomic E-state index is 4.66. The first kappa shape index (κ1) is 14.2. The van der Waals surface area contributed by atoms with Crippen LogP contribution < -0.4 is 5.32 Å². The number of amidine groups is 1. The number of aliphatic imine (C=N–C) groups is 1. The molecular weight excluding hydrogens is 236 g/mol. The molecule has 0 radical (unpaired) electrons. The van der Waals surface area contributed by atoms with Gasteiger partial charge in [0, 0.05) is 23.6 Å². The first-order chi connectivity index (χ1) is 7.63. The number of nitrogens with zero attached hydrogens (tertiary/aromatic N) is 1. The first-order valence-corrected chi connectivity index (χ1v) is 8.37. The quantitative estimate of drug-likeness (QED) is 0.821. The molecule has 1 N–H and O–H groups in total. The molecule has 2 atom stereocenters. The van der Waals surface area contributed by atoms with Gasteiger partial charge in [0.2, 0.25) is 0 Å². The average Bonchev–Trinajstić information content (AvgIpc) is 2.29. The van der Waals surface area contributed by atoms with E-state index in [-0.39, 0.29) is 0 Å². The predicted molar refractivity (Wildman–Crippen MR) is 78.7 cm³/mol. The van der Waals surface area contributed by atoms with Crippen LogP contribution in [0.1, 0.15) is 33.6 Å². The molecule has 1 fully saturated rings. The summed E-state index contributed by atoms with van der Waals surface area (Å²) >= 11 is 3.80. The molecule has 0 aromatic carbocycles. The molecule has 1 rings (SSSR count). The van der Waals surface area contributed by atoms with E-state index >= 15 is 0 Å². The minimum atomic E-state index is 0.623. The van der Waals surface area contributed by atoms with E-state index in [1.54, 1.807) is 0 Å². The lowest BCUT2D eigenvalue weighted by atomic mass is 10.0. The Balaban J connectivity index is 2.32. The Morgan fingerprint density at radius 2 is 2.25 bits per heavy atom. The molecule has 0 spiro atoms.